The van der Waals surface area contributed by atoms with Gasteiger partial charge in [-0.1, -0.05) is 30.3 Å². The average molecular weight is 194 g/mol. The standard InChI is InChI=1S/C8H8N4.CH3F/c9-8-10-7(11-12-8)6-4-2-1-3-5-6;1-2/h1-5H,(H3,9,10,11,12);1H3. The molecule has 0 bridgehead atoms. The van der Waals surface area contributed by atoms with Gasteiger partial charge < -0.3 is 5.73 Å². The highest BCUT2D eigenvalue weighted by atomic mass is 19.1. The van der Waals surface area contributed by atoms with Gasteiger partial charge in [-0.05, 0) is 0 Å². The van der Waals surface area contributed by atoms with Crippen LogP contribution in [0.2, 0.25) is 0 Å². The van der Waals surface area contributed by atoms with Gasteiger partial charge in [0.25, 0.3) is 0 Å². The Balaban J connectivity index is 0.000000461. The van der Waals surface area contributed by atoms with Gasteiger partial charge in [0.05, 0.1) is 7.18 Å². The lowest BCUT2D eigenvalue weighted by Gasteiger charge is -1.91. The van der Waals surface area contributed by atoms with Gasteiger partial charge in [0.15, 0.2) is 5.82 Å². The fourth-order valence-corrected chi connectivity index (χ4v) is 1.000. The highest BCUT2D eigenvalue weighted by molar-refractivity contribution is 5.55. The van der Waals surface area contributed by atoms with Crippen molar-refractivity contribution in [1.82, 2.24) is 15.2 Å². The summed E-state index contributed by atoms with van der Waals surface area (Å²) in [4.78, 5) is 3.99. The number of aromatic nitrogens is 3. The van der Waals surface area contributed by atoms with Crippen molar-refractivity contribution in [2.75, 3.05) is 12.9 Å². The van der Waals surface area contributed by atoms with Crippen LogP contribution >= 0.6 is 0 Å². The van der Waals surface area contributed by atoms with Crippen LogP contribution in [0.5, 0.6) is 0 Å². The van der Waals surface area contributed by atoms with Crippen molar-refractivity contribution in [2.45, 2.75) is 0 Å². The second-order valence-electron chi connectivity index (χ2n) is 2.41. The molecule has 0 aliphatic heterocycles. The maximum Gasteiger partial charge on any atom is 0.239 e. The molecule has 4 nitrogen and oxygen atoms in total. The number of H-pyrrole nitrogens is 1. The molecule has 1 aromatic heterocycles. The quantitative estimate of drug-likeness (QED) is 0.725. The largest absolute Gasteiger partial charge is 0.366 e. The molecule has 0 atom stereocenters. The van der Waals surface area contributed by atoms with Crippen molar-refractivity contribution in [2.24, 2.45) is 0 Å². The minimum atomic E-state index is 0.272. The molecule has 5 heteroatoms. The van der Waals surface area contributed by atoms with Crippen LogP contribution in [0.15, 0.2) is 30.3 Å². The van der Waals surface area contributed by atoms with E-state index in [0.717, 1.165) is 5.56 Å². The Bertz CT molecular complexity index is 371. The van der Waals surface area contributed by atoms with Crippen LogP contribution in [0.4, 0.5) is 10.3 Å². The van der Waals surface area contributed by atoms with E-state index in [9.17, 15) is 4.39 Å². The van der Waals surface area contributed by atoms with E-state index in [1.165, 1.54) is 0 Å². The van der Waals surface area contributed by atoms with E-state index in [4.69, 9.17) is 5.73 Å². The predicted octanol–water partition coefficient (Wildman–Crippen LogP) is 1.64. The summed E-state index contributed by atoms with van der Waals surface area (Å²) in [7, 11) is 0.500. The molecule has 0 saturated heterocycles. The first-order valence-electron chi connectivity index (χ1n) is 3.97. The van der Waals surface area contributed by atoms with E-state index >= 15 is 0 Å². The molecule has 1 heterocycles. The molecule has 0 radical (unpaired) electrons. The number of alkyl halides is 1. The van der Waals surface area contributed by atoms with Crippen molar-refractivity contribution < 1.29 is 4.39 Å². The Labute approximate surface area is 81.0 Å². The number of anilines is 1. The summed E-state index contributed by atoms with van der Waals surface area (Å²) in [5.41, 5.74) is 6.35. The molecule has 0 aliphatic carbocycles. The zero-order valence-electron chi connectivity index (χ0n) is 7.74. The fraction of sp³-hybridized carbons (Fsp3) is 0.111. The Morgan fingerprint density at radius 1 is 1.21 bits per heavy atom. The van der Waals surface area contributed by atoms with Crippen molar-refractivity contribution in [3.05, 3.63) is 30.3 Å². The highest BCUT2D eigenvalue weighted by Gasteiger charge is 2.00. The van der Waals surface area contributed by atoms with Crippen LogP contribution in [0, 0.1) is 0 Å². The number of benzene rings is 1. The summed E-state index contributed by atoms with van der Waals surface area (Å²) in [6.45, 7) is 0. The lowest BCUT2D eigenvalue weighted by molar-refractivity contribution is 0.636. The van der Waals surface area contributed by atoms with Gasteiger partial charge in [0.2, 0.25) is 5.95 Å². The Kier molecular flexibility index (Phi) is 3.60. The molecule has 74 valence electrons. The van der Waals surface area contributed by atoms with Crippen LogP contribution in [0.25, 0.3) is 11.4 Å². The number of rotatable bonds is 1. The summed E-state index contributed by atoms with van der Waals surface area (Å²) in [6, 6.07) is 9.71. The number of hydrogen-bond acceptors (Lipinski definition) is 3. The first-order chi connectivity index (χ1) is 6.86. The first-order valence-corrected chi connectivity index (χ1v) is 3.97. The van der Waals surface area contributed by atoms with E-state index in [-0.39, 0.29) is 5.95 Å². The third-order valence-corrected chi connectivity index (χ3v) is 1.55. The zero-order chi connectivity index (χ0) is 10.4. The molecule has 0 fully saturated rings. The van der Waals surface area contributed by atoms with Gasteiger partial charge in [0.1, 0.15) is 0 Å². The van der Waals surface area contributed by atoms with Gasteiger partial charge in [-0.2, -0.15) is 4.98 Å². The molecule has 3 N–H and O–H groups in total. The molecule has 2 aromatic rings. The summed E-state index contributed by atoms with van der Waals surface area (Å²) < 4.78 is 9.50. The summed E-state index contributed by atoms with van der Waals surface area (Å²) in [5, 5.41) is 6.47. The van der Waals surface area contributed by atoms with Crippen molar-refractivity contribution in [3.63, 3.8) is 0 Å². The molecule has 14 heavy (non-hydrogen) atoms. The van der Waals surface area contributed by atoms with Gasteiger partial charge in [-0.25, -0.2) is 0 Å². The maximum absolute atomic E-state index is 9.50. The summed E-state index contributed by atoms with van der Waals surface area (Å²) >= 11 is 0. The van der Waals surface area contributed by atoms with Gasteiger partial charge in [-0.15, -0.1) is 5.10 Å². The van der Waals surface area contributed by atoms with E-state index < -0.39 is 0 Å². The molecule has 0 amide bonds. The normalized spacial score (nSPS) is 9.00. The van der Waals surface area contributed by atoms with Crippen LogP contribution < -0.4 is 5.73 Å². The Morgan fingerprint density at radius 3 is 2.36 bits per heavy atom. The molecular weight excluding hydrogens is 183 g/mol. The zero-order valence-corrected chi connectivity index (χ0v) is 7.74. The maximum atomic E-state index is 9.50. The fourth-order valence-electron chi connectivity index (χ4n) is 1.000. The minimum Gasteiger partial charge on any atom is -0.366 e. The lowest BCUT2D eigenvalue weighted by Crippen LogP contribution is -1.85. The molecular formula is C9H11FN4. The number of nitrogens with zero attached hydrogens (tertiary/aromatic N) is 2. The van der Waals surface area contributed by atoms with E-state index in [2.05, 4.69) is 15.2 Å². The van der Waals surface area contributed by atoms with Crippen LogP contribution in [0.1, 0.15) is 0 Å². The molecule has 0 spiro atoms. The van der Waals surface area contributed by atoms with Gasteiger partial charge in [0, 0.05) is 5.56 Å². The number of nitrogen functional groups attached to an aromatic ring is 1. The molecule has 2 rings (SSSR count). The first kappa shape index (κ1) is 10.2. The molecule has 0 unspecified atom stereocenters. The Morgan fingerprint density at radius 2 is 1.86 bits per heavy atom. The second-order valence-corrected chi connectivity index (χ2v) is 2.41. The number of nitrogens with one attached hydrogen (secondary N) is 1. The molecule has 0 saturated carbocycles. The number of nitrogens with two attached hydrogens (primary N) is 1. The Hall–Kier alpha value is -1.91. The third-order valence-electron chi connectivity index (χ3n) is 1.55. The highest BCUT2D eigenvalue weighted by Crippen LogP contribution is 2.13. The topological polar surface area (TPSA) is 67.6 Å². The second kappa shape index (κ2) is 4.96. The number of aromatic amines is 1. The summed E-state index contributed by atoms with van der Waals surface area (Å²) in [5.74, 6) is 0.974. The smallest absolute Gasteiger partial charge is 0.239 e. The SMILES string of the molecule is CF.Nc1n[nH]c(-c2ccccc2)n1. The van der Waals surface area contributed by atoms with Crippen LogP contribution in [0.3, 0.4) is 0 Å². The van der Waals surface area contributed by atoms with Gasteiger partial charge in [-0.3, -0.25) is 9.49 Å². The van der Waals surface area contributed by atoms with E-state index in [1.54, 1.807) is 0 Å². The lowest BCUT2D eigenvalue weighted by atomic mass is 10.2. The monoisotopic (exact) mass is 194 g/mol. The van der Waals surface area contributed by atoms with Crippen molar-refractivity contribution >= 4 is 5.95 Å². The average Bonchev–Trinajstić information content (AvgIpc) is 2.69. The predicted molar refractivity (Wildman–Crippen MR) is 53.3 cm³/mol. The van der Waals surface area contributed by atoms with Crippen molar-refractivity contribution in [1.29, 1.82) is 0 Å². The van der Waals surface area contributed by atoms with Crippen LogP contribution in [-0.4, -0.2) is 22.4 Å². The molecule has 0 aliphatic rings. The van der Waals surface area contributed by atoms with Gasteiger partial charge >= 0.3 is 0 Å². The molecule has 1 aromatic carbocycles. The number of hydrogen-bond donors (Lipinski definition) is 2. The number of halogens is 1. The van der Waals surface area contributed by atoms with Crippen molar-refractivity contribution in [3.8, 4) is 11.4 Å². The van der Waals surface area contributed by atoms with E-state index in [1.807, 2.05) is 30.3 Å². The van der Waals surface area contributed by atoms with E-state index in [0.29, 0.717) is 13.0 Å². The van der Waals surface area contributed by atoms with Crippen LogP contribution in [-0.2, 0) is 0 Å². The third kappa shape index (κ3) is 2.29. The summed E-state index contributed by atoms with van der Waals surface area (Å²) in [6.07, 6.45) is 0. The minimum absolute atomic E-state index is 0.272.